The number of hydrogen-bond donors (Lipinski definition) is 2. The van der Waals surface area contributed by atoms with Crippen molar-refractivity contribution in [3.05, 3.63) is 35.9 Å². The third kappa shape index (κ3) is 6.59. The maximum atomic E-state index is 5.44. The van der Waals surface area contributed by atoms with Crippen molar-refractivity contribution in [2.24, 2.45) is 10.9 Å². The van der Waals surface area contributed by atoms with E-state index < -0.39 is 0 Å². The van der Waals surface area contributed by atoms with Crippen LogP contribution >= 0.6 is 0 Å². The molecule has 1 aliphatic carbocycles. The number of ether oxygens (including phenoxy) is 2. The lowest BCUT2D eigenvalue weighted by Gasteiger charge is -2.12. The van der Waals surface area contributed by atoms with Crippen LogP contribution in [-0.4, -0.2) is 53.0 Å². The molecule has 5 nitrogen and oxygen atoms in total. The number of rotatable bonds is 10. The molecule has 2 atom stereocenters. The Morgan fingerprint density at radius 1 is 1.17 bits per heavy atom. The van der Waals surface area contributed by atoms with Crippen LogP contribution in [0.1, 0.15) is 24.3 Å². The summed E-state index contributed by atoms with van der Waals surface area (Å²) in [6, 6.07) is 10.8. The molecule has 1 aromatic carbocycles. The highest BCUT2D eigenvalue weighted by Crippen LogP contribution is 2.46. The lowest BCUT2D eigenvalue weighted by Crippen LogP contribution is -2.39. The number of nitrogens with one attached hydrogen (secondary N) is 2. The molecule has 0 aliphatic heterocycles. The molecule has 0 aromatic heterocycles. The van der Waals surface area contributed by atoms with Gasteiger partial charge >= 0.3 is 0 Å². The van der Waals surface area contributed by atoms with Crippen LogP contribution < -0.4 is 10.6 Å². The van der Waals surface area contributed by atoms with E-state index in [1.807, 2.05) is 7.05 Å². The first-order valence-corrected chi connectivity index (χ1v) is 8.41. The molecule has 0 heterocycles. The van der Waals surface area contributed by atoms with E-state index in [-0.39, 0.29) is 0 Å². The number of guanidine groups is 1. The highest BCUT2D eigenvalue weighted by Gasteiger charge is 2.37. The minimum Gasteiger partial charge on any atom is -0.382 e. The first kappa shape index (κ1) is 17.8. The van der Waals surface area contributed by atoms with E-state index in [0.29, 0.717) is 25.0 Å². The Hall–Kier alpha value is -1.59. The maximum Gasteiger partial charge on any atom is 0.190 e. The molecule has 0 bridgehead atoms. The molecular weight excluding hydrogens is 290 g/mol. The van der Waals surface area contributed by atoms with Crippen LogP contribution in [0, 0.1) is 5.92 Å². The Bertz CT molecular complexity index is 465. The van der Waals surface area contributed by atoms with Crippen molar-refractivity contribution in [1.29, 1.82) is 0 Å². The van der Waals surface area contributed by atoms with E-state index in [2.05, 4.69) is 46.0 Å². The molecule has 23 heavy (non-hydrogen) atoms. The Balaban J connectivity index is 1.54. The summed E-state index contributed by atoms with van der Waals surface area (Å²) in [5.41, 5.74) is 1.45. The first-order valence-electron chi connectivity index (χ1n) is 8.41. The van der Waals surface area contributed by atoms with Crippen molar-refractivity contribution in [3.8, 4) is 0 Å². The van der Waals surface area contributed by atoms with Gasteiger partial charge in [-0.1, -0.05) is 30.3 Å². The molecule has 1 aliphatic rings. The second-order valence-electron chi connectivity index (χ2n) is 5.85. The van der Waals surface area contributed by atoms with E-state index in [9.17, 15) is 0 Å². The van der Waals surface area contributed by atoms with Gasteiger partial charge in [0.1, 0.15) is 0 Å². The van der Waals surface area contributed by atoms with Crippen LogP contribution in [0.25, 0.3) is 0 Å². The van der Waals surface area contributed by atoms with Crippen molar-refractivity contribution in [3.63, 3.8) is 0 Å². The minimum atomic E-state index is 0.653. The van der Waals surface area contributed by atoms with Gasteiger partial charge in [-0.3, -0.25) is 4.99 Å². The van der Waals surface area contributed by atoms with Crippen molar-refractivity contribution in [1.82, 2.24) is 10.6 Å². The fraction of sp³-hybridized carbons (Fsp3) is 0.611. The summed E-state index contributed by atoms with van der Waals surface area (Å²) in [7, 11) is 3.49. The largest absolute Gasteiger partial charge is 0.382 e. The number of aliphatic imine (C=N–C) groups is 1. The van der Waals surface area contributed by atoms with Gasteiger partial charge in [-0.05, 0) is 30.2 Å². The van der Waals surface area contributed by atoms with Gasteiger partial charge in [-0.15, -0.1) is 0 Å². The first-order chi connectivity index (χ1) is 11.3. The lowest BCUT2D eigenvalue weighted by molar-refractivity contribution is 0.0698. The highest BCUT2D eigenvalue weighted by molar-refractivity contribution is 5.79. The summed E-state index contributed by atoms with van der Waals surface area (Å²) in [5, 5.41) is 6.75. The Kier molecular flexibility index (Phi) is 7.90. The fourth-order valence-electron chi connectivity index (χ4n) is 2.66. The van der Waals surface area contributed by atoms with Gasteiger partial charge in [-0.25, -0.2) is 0 Å². The molecule has 0 spiro atoms. The van der Waals surface area contributed by atoms with Gasteiger partial charge in [0.15, 0.2) is 5.96 Å². The van der Waals surface area contributed by atoms with Gasteiger partial charge in [0, 0.05) is 33.9 Å². The second kappa shape index (κ2) is 10.2. The Labute approximate surface area is 139 Å². The van der Waals surface area contributed by atoms with Crippen molar-refractivity contribution >= 4 is 5.96 Å². The maximum absolute atomic E-state index is 5.44. The highest BCUT2D eigenvalue weighted by atomic mass is 16.5. The summed E-state index contributed by atoms with van der Waals surface area (Å²) in [5.74, 6) is 2.30. The third-order valence-corrected chi connectivity index (χ3v) is 4.10. The molecule has 0 radical (unpaired) electrons. The molecule has 2 rings (SSSR count). The standard InChI is InChI=1S/C18H29N3O2/c1-19-18(20-9-6-10-23-12-11-22-2)21-14-16-13-17(16)15-7-4-3-5-8-15/h3-5,7-8,16-17H,6,9-14H2,1-2H3,(H2,19,20,21). The molecular formula is C18H29N3O2. The zero-order chi connectivity index (χ0) is 16.3. The zero-order valence-corrected chi connectivity index (χ0v) is 14.3. The molecule has 5 heteroatoms. The second-order valence-corrected chi connectivity index (χ2v) is 5.85. The van der Waals surface area contributed by atoms with E-state index in [0.717, 1.165) is 32.1 Å². The molecule has 1 saturated carbocycles. The summed E-state index contributed by atoms with van der Waals surface area (Å²) in [6.45, 7) is 3.89. The number of nitrogens with zero attached hydrogens (tertiary/aromatic N) is 1. The minimum absolute atomic E-state index is 0.653. The van der Waals surface area contributed by atoms with Crippen LogP contribution in [0.5, 0.6) is 0 Å². The van der Waals surface area contributed by atoms with Gasteiger partial charge < -0.3 is 20.1 Å². The predicted octanol–water partition coefficient (Wildman–Crippen LogP) is 2.01. The Morgan fingerprint density at radius 2 is 2.00 bits per heavy atom. The van der Waals surface area contributed by atoms with Crippen LogP contribution in [0.15, 0.2) is 35.3 Å². The van der Waals surface area contributed by atoms with E-state index in [4.69, 9.17) is 9.47 Å². The van der Waals surface area contributed by atoms with Gasteiger partial charge in [-0.2, -0.15) is 0 Å². The predicted molar refractivity (Wildman–Crippen MR) is 94.0 cm³/mol. The molecule has 0 amide bonds. The Morgan fingerprint density at radius 3 is 2.74 bits per heavy atom. The zero-order valence-electron chi connectivity index (χ0n) is 14.3. The molecule has 128 valence electrons. The van der Waals surface area contributed by atoms with Crippen LogP contribution in [0.4, 0.5) is 0 Å². The summed E-state index contributed by atoms with van der Waals surface area (Å²) >= 11 is 0. The van der Waals surface area contributed by atoms with Crippen molar-refractivity contribution in [2.45, 2.75) is 18.8 Å². The van der Waals surface area contributed by atoms with Crippen molar-refractivity contribution in [2.75, 3.05) is 47.1 Å². The SMILES string of the molecule is CN=C(NCCCOCCOC)NCC1CC1c1ccccc1. The monoisotopic (exact) mass is 319 g/mol. The molecule has 1 aromatic rings. The summed E-state index contributed by atoms with van der Waals surface area (Å²) < 4.78 is 10.4. The molecule has 2 N–H and O–H groups in total. The smallest absolute Gasteiger partial charge is 0.190 e. The number of benzene rings is 1. The van der Waals surface area contributed by atoms with Gasteiger partial charge in [0.05, 0.1) is 13.2 Å². The average Bonchev–Trinajstić information content (AvgIpc) is 3.37. The summed E-state index contributed by atoms with van der Waals surface area (Å²) in [6.07, 6.45) is 2.22. The molecule has 1 fully saturated rings. The van der Waals surface area contributed by atoms with Crippen LogP contribution in [0.3, 0.4) is 0 Å². The fourth-order valence-corrected chi connectivity index (χ4v) is 2.66. The molecule has 0 saturated heterocycles. The van der Waals surface area contributed by atoms with Gasteiger partial charge in [0.2, 0.25) is 0 Å². The topological polar surface area (TPSA) is 54.9 Å². The van der Waals surface area contributed by atoms with E-state index in [1.54, 1.807) is 7.11 Å². The quantitative estimate of drug-likeness (QED) is 0.393. The summed E-state index contributed by atoms with van der Waals surface area (Å²) in [4.78, 5) is 4.27. The normalized spacial score (nSPS) is 20.3. The molecule has 2 unspecified atom stereocenters. The van der Waals surface area contributed by atoms with E-state index in [1.165, 1.54) is 12.0 Å². The lowest BCUT2D eigenvalue weighted by atomic mass is 10.1. The number of methoxy groups -OCH3 is 1. The van der Waals surface area contributed by atoms with E-state index >= 15 is 0 Å². The van der Waals surface area contributed by atoms with Crippen LogP contribution in [-0.2, 0) is 9.47 Å². The number of hydrogen-bond acceptors (Lipinski definition) is 3. The average molecular weight is 319 g/mol. The third-order valence-electron chi connectivity index (χ3n) is 4.10. The van der Waals surface area contributed by atoms with Crippen LogP contribution in [0.2, 0.25) is 0 Å². The van der Waals surface area contributed by atoms with Crippen molar-refractivity contribution < 1.29 is 9.47 Å². The van der Waals surface area contributed by atoms with Gasteiger partial charge in [0.25, 0.3) is 0 Å².